The number of carbonyl (C=O) groups excluding carboxylic acids is 1. The Bertz CT molecular complexity index is 840. The van der Waals surface area contributed by atoms with Crippen molar-refractivity contribution < 1.29 is 4.79 Å². The summed E-state index contributed by atoms with van der Waals surface area (Å²) in [7, 11) is 0. The van der Waals surface area contributed by atoms with Crippen LogP contribution in [0.15, 0.2) is 41.6 Å². The minimum atomic E-state index is 0.110. The van der Waals surface area contributed by atoms with E-state index >= 15 is 0 Å². The molecule has 1 aromatic heterocycles. The van der Waals surface area contributed by atoms with E-state index in [9.17, 15) is 4.79 Å². The summed E-state index contributed by atoms with van der Waals surface area (Å²) in [4.78, 5) is 20.3. The Morgan fingerprint density at radius 3 is 2.64 bits per heavy atom. The van der Waals surface area contributed by atoms with Gasteiger partial charge in [0.2, 0.25) is 0 Å². The highest BCUT2D eigenvalue weighted by atomic mass is 35.5. The third-order valence-electron chi connectivity index (χ3n) is 5.92. The molecule has 2 atom stereocenters. The van der Waals surface area contributed by atoms with Gasteiger partial charge in [0.05, 0.1) is 15.6 Å². The number of carbonyl (C=O) groups is 1. The number of piperidine rings is 1. The van der Waals surface area contributed by atoms with Crippen molar-refractivity contribution in [3.8, 4) is 0 Å². The van der Waals surface area contributed by atoms with Gasteiger partial charge in [0.25, 0.3) is 5.91 Å². The van der Waals surface area contributed by atoms with Crippen molar-refractivity contribution in [3.05, 3.63) is 57.8 Å². The third-order valence-corrected chi connectivity index (χ3v) is 7.98. The van der Waals surface area contributed by atoms with E-state index in [2.05, 4.69) is 4.98 Å². The number of thioether (sulfide) groups is 1. The van der Waals surface area contributed by atoms with E-state index in [4.69, 9.17) is 23.2 Å². The maximum Gasteiger partial charge on any atom is 0.255 e. The monoisotopic (exact) mass is 434 g/mol. The zero-order valence-electron chi connectivity index (χ0n) is 15.7. The molecule has 2 heterocycles. The van der Waals surface area contributed by atoms with Gasteiger partial charge in [-0.15, -0.1) is 11.8 Å². The summed E-state index contributed by atoms with van der Waals surface area (Å²) in [5.41, 5.74) is 1.68. The predicted octanol–water partition coefficient (Wildman–Crippen LogP) is 6.33. The van der Waals surface area contributed by atoms with Crippen molar-refractivity contribution in [2.24, 2.45) is 11.8 Å². The summed E-state index contributed by atoms with van der Waals surface area (Å²) in [6.07, 6.45) is 9.90. The molecule has 1 aliphatic carbocycles. The molecular formula is C22H24Cl2N2OS. The number of amides is 1. The molecular weight excluding hydrogens is 411 g/mol. The van der Waals surface area contributed by atoms with E-state index in [1.54, 1.807) is 18.0 Å². The van der Waals surface area contributed by atoms with Crippen molar-refractivity contribution in [3.63, 3.8) is 0 Å². The van der Waals surface area contributed by atoms with Gasteiger partial charge in [0.15, 0.2) is 0 Å². The molecule has 2 aromatic rings. The highest BCUT2D eigenvalue weighted by Gasteiger charge is 2.33. The lowest BCUT2D eigenvalue weighted by Gasteiger charge is -2.41. The van der Waals surface area contributed by atoms with Gasteiger partial charge in [-0.1, -0.05) is 48.5 Å². The van der Waals surface area contributed by atoms with Crippen LogP contribution in [0.4, 0.5) is 0 Å². The molecule has 148 valence electrons. The van der Waals surface area contributed by atoms with Crippen molar-refractivity contribution in [2.45, 2.75) is 42.8 Å². The SMILES string of the molecule is O=C(c1cncc(CSc2c(Cl)cccc2Cl)c1)N1CCC2CCCCC2C1. The molecule has 0 spiro atoms. The van der Waals surface area contributed by atoms with Gasteiger partial charge < -0.3 is 4.90 Å². The molecule has 4 rings (SSSR count). The van der Waals surface area contributed by atoms with Crippen molar-refractivity contribution in [1.29, 1.82) is 0 Å². The average molecular weight is 435 g/mol. The minimum Gasteiger partial charge on any atom is -0.338 e. The number of hydrogen-bond acceptors (Lipinski definition) is 3. The van der Waals surface area contributed by atoms with Gasteiger partial charge in [-0.25, -0.2) is 0 Å². The highest BCUT2D eigenvalue weighted by Crippen LogP contribution is 2.37. The molecule has 1 aromatic carbocycles. The van der Waals surface area contributed by atoms with Gasteiger partial charge in [0, 0.05) is 36.1 Å². The van der Waals surface area contributed by atoms with Crippen LogP contribution in [0.1, 0.15) is 48.0 Å². The summed E-state index contributed by atoms with van der Waals surface area (Å²) in [5.74, 6) is 2.28. The Morgan fingerprint density at radius 2 is 1.86 bits per heavy atom. The van der Waals surface area contributed by atoms with Crippen LogP contribution in [0.2, 0.25) is 10.0 Å². The second-order valence-electron chi connectivity index (χ2n) is 7.77. The molecule has 0 N–H and O–H groups in total. The Kier molecular flexibility index (Phi) is 6.49. The first-order valence-electron chi connectivity index (χ1n) is 9.92. The van der Waals surface area contributed by atoms with Crippen molar-refractivity contribution in [2.75, 3.05) is 13.1 Å². The fraction of sp³-hybridized carbons (Fsp3) is 0.455. The molecule has 2 fully saturated rings. The molecule has 1 aliphatic heterocycles. The molecule has 1 saturated carbocycles. The molecule has 3 nitrogen and oxygen atoms in total. The van der Waals surface area contributed by atoms with Crippen molar-refractivity contribution >= 4 is 40.9 Å². The Hall–Kier alpha value is -1.23. The first kappa shape index (κ1) is 20.1. The van der Waals surface area contributed by atoms with E-state index in [0.717, 1.165) is 35.9 Å². The minimum absolute atomic E-state index is 0.110. The number of rotatable bonds is 4. The third kappa shape index (κ3) is 4.50. The lowest BCUT2D eigenvalue weighted by Crippen LogP contribution is -2.44. The summed E-state index contributed by atoms with van der Waals surface area (Å²) in [6.45, 7) is 1.77. The standard InChI is InChI=1S/C22H24Cl2N2OS/c23-19-6-3-7-20(24)21(19)28-14-15-10-18(12-25-11-15)22(27)26-9-8-16-4-1-2-5-17(16)13-26/h3,6-7,10-12,16-17H,1-2,4-5,8-9,13-14H2. The van der Waals surface area contributed by atoms with E-state index in [-0.39, 0.29) is 5.91 Å². The Labute approximate surface area is 180 Å². The predicted molar refractivity (Wildman–Crippen MR) is 116 cm³/mol. The number of halogens is 2. The second-order valence-corrected chi connectivity index (χ2v) is 9.57. The first-order chi connectivity index (χ1) is 13.6. The second kappa shape index (κ2) is 9.06. The maximum absolute atomic E-state index is 13.0. The average Bonchev–Trinajstić information content (AvgIpc) is 2.73. The van der Waals surface area contributed by atoms with Gasteiger partial charge in [-0.2, -0.15) is 0 Å². The summed E-state index contributed by atoms with van der Waals surface area (Å²) in [5, 5.41) is 1.29. The quantitative estimate of drug-likeness (QED) is 0.526. The van der Waals surface area contributed by atoms with E-state index in [1.165, 1.54) is 25.7 Å². The van der Waals surface area contributed by atoms with Crippen LogP contribution in [0.3, 0.4) is 0 Å². The zero-order chi connectivity index (χ0) is 19.5. The van der Waals surface area contributed by atoms with Crippen LogP contribution in [0.25, 0.3) is 0 Å². The number of hydrogen-bond donors (Lipinski definition) is 0. The summed E-state index contributed by atoms with van der Waals surface area (Å²) >= 11 is 14.1. The highest BCUT2D eigenvalue weighted by molar-refractivity contribution is 7.98. The van der Waals surface area contributed by atoms with E-state index in [0.29, 0.717) is 27.3 Å². The largest absolute Gasteiger partial charge is 0.338 e. The van der Waals surface area contributed by atoms with Gasteiger partial charge >= 0.3 is 0 Å². The fourth-order valence-electron chi connectivity index (χ4n) is 4.43. The van der Waals surface area contributed by atoms with E-state index < -0.39 is 0 Å². The number of aromatic nitrogens is 1. The molecule has 6 heteroatoms. The van der Waals surface area contributed by atoms with Crippen molar-refractivity contribution in [1.82, 2.24) is 9.88 Å². The number of nitrogens with zero attached hydrogens (tertiary/aromatic N) is 2. The van der Waals surface area contributed by atoms with Crippen LogP contribution in [-0.2, 0) is 5.75 Å². The zero-order valence-corrected chi connectivity index (χ0v) is 18.1. The number of benzene rings is 1. The van der Waals surface area contributed by atoms with Gasteiger partial charge in [0.1, 0.15) is 0 Å². The molecule has 0 radical (unpaired) electrons. The molecule has 2 aliphatic rings. The Morgan fingerprint density at radius 1 is 1.11 bits per heavy atom. The summed E-state index contributed by atoms with van der Waals surface area (Å²) in [6, 6.07) is 7.47. The number of fused-ring (bicyclic) bond motifs is 1. The molecule has 0 bridgehead atoms. The smallest absolute Gasteiger partial charge is 0.255 e. The van der Waals surface area contributed by atoms with Crippen LogP contribution in [0.5, 0.6) is 0 Å². The van der Waals surface area contributed by atoms with E-state index in [1.807, 2.05) is 35.4 Å². The normalized spacial score (nSPS) is 22.0. The molecule has 28 heavy (non-hydrogen) atoms. The molecule has 1 amide bonds. The first-order valence-corrected chi connectivity index (χ1v) is 11.7. The number of pyridine rings is 1. The van der Waals surface area contributed by atoms with Crippen LogP contribution in [-0.4, -0.2) is 28.9 Å². The lowest BCUT2D eigenvalue weighted by molar-refractivity contribution is 0.0520. The summed E-state index contributed by atoms with van der Waals surface area (Å²) < 4.78 is 0. The number of likely N-dealkylation sites (tertiary alicyclic amines) is 1. The van der Waals surface area contributed by atoms with Crippen LogP contribution >= 0.6 is 35.0 Å². The van der Waals surface area contributed by atoms with Crippen LogP contribution < -0.4 is 0 Å². The lowest BCUT2D eigenvalue weighted by atomic mass is 9.75. The van der Waals surface area contributed by atoms with Crippen LogP contribution in [0, 0.1) is 11.8 Å². The maximum atomic E-state index is 13.0. The Balaban J connectivity index is 1.42. The topological polar surface area (TPSA) is 33.2 Å². The molecule has 1 saturated heterocycles. The van der Waals surface area contributed by atoms with Gasteiger partial charge in [-0.3, -0.25) is 9.78 Å². The fourth-order valence-corrected chi connectivity index (χ4v) is 6.03. The molecule has 2 unspecified atom stereocenters. The van der Waals surface area contributed by atoms with Gasteiger partial charge in [-0.05, 0) is 48.4 Å².